The molecule has 1 saturated carbocycles. The third kappa shape index (κ3) is 4.61. The highest BCUT2D eigenvalue weighted by Crippen LogP contribution is 2.34. The Bertz CT molecular complexity index is 891. The van der Waals surface area contributed by atoms with Crippen molar-refractivity contribution < 1.29 is 14.3 Å². The average Bonchev–Trinajstić information content (AvgIpc) is 3.47. The SMILES string of the molecule is CCNC(=O)N(CC(=O)N1CCc2sccc2[C@@H]1COc1ccc(C)cc1)C1CC1. The van der Waals surface area contributed by atoms with Crippen molar-refractivity contribution in [2.24, 2.45) is 0 Å². The first kappa shape index (κ1) is 20.7. The van der Waals surface area contributed by atoms with E-state index in [4.69, 9.17) is 4.74 Å². The lowest BCUT2D eigenvalue weighted by Gasteiger charge is -2.37. The third-order valence-electron chi connectivity index (χ3n) is 5.73. The molecule has 0 unspecified atom stereocenters. The second-order valence-corrected chi connectivity index (χ2v) is 8.97. The number of carbonyl (C=O) groups excluding carboxylic acids is 2. The highest BCUT2D eigenvalue weighted by atomic mass is 32.1. The second-order valence-electron chi connectivity index (χ2n) is 7.97. The minimum atomic E-state index is -0.144. The molecule has 4 rings (SSSR count). The molecule has 2 aliphatic rings. The Morgan fingerprint density at radius 2 is 2.00 bits per heavy atom. The first-order valence-corrected chi connectivity index (χ1v) is 11.5. The molecule has 7 heteroatoms. The molecule has 0 bridgehead atoms. The van der Waals surface area contributed by atoms with E-state index >= 15 is 0 Å². The van der Waals surface area contributed by atoms with Crippen molar-refractivity contribution in [3.8, 4) is 5.75 Å². The maximum Gasteiger partial charge on any atom is 0.318 e. The Balaban J connectivity index is 1.49. The van der Waals surface area contributed by atoms with Crippen molar-refractivity contribution in [2.75, 3.05) is 26.2 Å². The third-order valence-corrected chi connectivity index (χ3v) is 6.72. The molecule has 0 spiro atoms. The number of thiophene rings is 1. The monoisotopic (exact) mass is 427 g/mol. The van der Waals surface area contributed by atoms with Gasteiger partial charge in [-0.2, -0.15) is 0 Å². The molecule has 160 valence electrons. The van der Waals surface area contributed by atoms with Crippen LogP contribution in [-0.2, 0) is 11.2 Å². The number of rotatable bonds is 7. The molecule has 3 amide bonds. The summed E-state index contributed by atoms with van der Waals surface area (Å²) < 4.78 is 6.08. The van der Waals surface area contributed by atoms with E-state index in [2.05, 4.69) is 16.8 Å². The lowest BCUT2D eigenvalue weighted by atomic mass is 10.0. The number of nitrogens with one attached hydrogen (secondary N) is 1. The zero-order valence-electron chi connectivity index (χ0n) is 17.6. The molecule has 2 heterocycles. The Hall–Kier alpha value is -2.54. The van der Waals surface area contributed by atoms with E-state index in [-0.39, 0.29) is 30.6 Å². The van der Waals surface area contributed by atoms with Crippen molar-refractivity contribution in [1.82, 2.24) is 15.1 Å². The van der Waals surface area contributed by atoms with Crippen LogP contribution in [0, 0.1) is 6.92 Å². The summed E-state index contributed by atoms with van der Waals surface area (Å²) in [6.45, 7) is 5.68. The van der Waals surface area contributed by atoms with E-state index in [0.29, 0.717) is 19.7 Å². The number of urea groups is 1. The van der Waals surface area contributed by atoms with Gasteiger partial charge < -0.3 is 19.9 Å². The molecule has 30 heavy (non-hydrogen) atoms. The molecular formula is C23H29N3O3S. The summed E-state index contributed by atoms with van der Waals surface area (Å²) in [5.74, 6) is 0.791. The van der Waals surface area contributed by atoms with E-state index < -0.39 is 0 Å². The van der Waals surface area contributed by atoms with E-state index in [0.717, 1.165) is 25.0 Å². The van der Waals surface area contributed by atoms with E-state index in [9.17, 15) is 9.59 Å². The maximum absolute atomic E-state index is 13.3. The van der Waals surface area contributed by atoms with Gasteiger partial charge in [-0.3, -0.25) is 4.79 Å². The van der Waals surface area contributed by atoms with Crippen molar-refractivity contribution in [1.29, 1.82) is 0 Å². The summed E-state index contributed by atoms with van der Waals surface area (Å²) >= 11 is 1.74. The first-order valence-electron chi connectivity index (χ1n) is 10.7. The molecule has 1 N–H and O–H groups in total. The number of carbonyl (C=O) groups is 2. The summed E-state index contributed by atoms with van der Waals surface area (Å²) in [5, 5.41) is 4.93. The lowest BCUT2D eigenvalue weighted by molar-refractivity contribution is -0.135. The molecule has 1 aliphatic heterocycles. The second kappa shape index (κ2) is 9.08. The van der Waals surface area contributed by atoms with Crippen molar-refractivity contribution in [2.45, 2.75) is 45.2 Å². The molecule has 2 aromatic rings. The standard InChI is InChI=1S/C23H29N3O3S/c1-3-24-23(28)26(17-6-7-17)14-22(27)25-12-10-21-19(11-13-30-21)20(25)15-29-18-8-4-16(2)5-9-18/h4-5,8-9,11,13,17,20H,3,6-7,10,12,14-15H2,1-2H3,(H,24,28)/t20-/m0/s1. The predicted octanol–water partition coefficient (Wildman–Crippen LogP) is 3.76. The van der Waals surface area contributed by atoms with Gasteiger partial charge in [0, 0.05) is 24.0 Å². The smallest absolute Gasteiger partial charge is 0.318 e. The highest BCUT2D eigenvalue weighted by Gasteiger charge is 2.37. The number of fused-ring (bicyclic) bond motifs is 1. The van der Waals surface area contributed by atoms with Crippen LogP contribution in [0.25, 0.3) is 0 Å². The number of hydrogen-bond acceptors (Lipinski definition) is 4. The molecule has 1 aliphatic carbocycles. The minimum Gasteiger partial charge on any atom is -0.491 e. The van der Waals surface area contributed by atoms with Crippen LogP contribution < -0.4 is 10.1 Å². The predicted molar refractivity (Wildman–Crippen MR) is 118 cm³/mol. The van der Waals surface area contributed by atoms with E-state index in [1.807, 2.05) is 43.0 Å². The number of ether oxygens (including phenoxy) is 1. The number of amides is 3. The minimum absolute atomic E-state index is 0.0116. The van der Waals surface area contributed by atoms with Crippen LogP contribution in [0.5, 0.6) is 5.75 Å². The Labute approximate surface area is 181 Å². The molecule has 1 fully saturated rings. The van der Waals surface area contributed by atoms with Crippen molar-refractivity contribution >= 4 is 23.3 Å². The zero-order chi connectivity index (χ0) is 21.1. The molecule has 0 saturated heterocycles. The highest BCUT2D eigenvalue weighted by molar-refractivity contribution is 7.10. The maximum atomic E-state index is 13.3. The number of hydrogen-bond donors (Lipinski definition) is 1. The Kier molecular flexibility index (Phi) is 6.27. The van der Waals surface area contributed by atoms with Crippen LogP contribution >= 0.6 is 11.3 Å². The molecular weight excluding hydrogens is 398 g/mol. The summed E-state index contributed by atoms with van der Waals surface area (Å²) in [5.41, 5.74) is 2.35. The van der Waals surface area contributed by atoms with Gasteiger partial charge in [0.1, 0.15) is 18.9 Å². The van der Waals surface area contributed by atoms with Crippen molar-refractivity contribution in [3.63, 3.8) is 0 Å². The van der Waals surface area contributed by atoms with E-state index in [1.54, 1.807) is 16.2 Å². The normalized spacial score (nSPS) is 17.9. The van der Waals surface area contributed by atoms with Crippen LogP contribution in [0.15, 0.2) is 35.7 Å². The largest absolute Gasteiger partial charge is 0.491 e. The molecule has 1 atom stereocenters. The van der Waals surface area contributed by atoms with Gasteiger partial charge in [-0.05, 0) is 62.3 Å². The lowest BCUT2D eigenvalue weighted by Crippen LogP contribution is -2.50. The topological polar surface area (TPSA) is 61.9 Å². The van der Waals surface area contributed by atoms with Crippen LogP contribution in [0.4, 0.5) is 4.79 Å². The quantitative estimate of drug-likeness (QED) is 0.732. The number of benzene rings is 1. The Morgan fingerprint density at radius 1 is 1.23 bits per heavy atom. The number of aryl methyl sites for hydroxylation is 1. The van der Waals surface area contributed by atoms with Gasteiger partial charge in [0.25, 0.3) is 0 Å². The van der Waals surface area contributed by atoms with Gasteiger partial charge in [0.05, 0.1) is 6.04 Å². The fourth-order valence-electron chi connectivity index (χ4n) is 3.93. The molecule has 1 aromatic carbocycles. The van der Waals surface area contributed by atoms with Gasteiger partial charge in [0.2, 0.25) is 5.91 Å². The van der Waals surface area contributed by atoms with Crippen LogP contribution in [0.2, 0.25) is 0 Å². The van der Waals surface area contributed by atoms with Gasteiger partial charge in [0.15, 0.2) is 0 Å². The van der Waals surface area contributed by atoms with Gasteiger partial charge in [-0.1, -0.05) is 17.7 Å². The van der Waals surface area contributed by atoms with Crippen LogP contribution in [-0.4, -0.2) is 54.0 Å². The van der Waals surface area contributed by atoms with Crippen LogP contribution in [0.3, 0.4) is 0 Å². The van der Waals surface area contributed by atoms with Gasteiger partial charge in [-0.15, -0.1) is 11.3 Å². The molecule has 1 aromatic heterocycles. The van der Waals surface area contributed by atoms with Gasteiger partial charge in [-0.25, -0.2) is 4.79 Å². The fraction of sp³-hybridized carbons (Fsp3) is 0.478. The average molecular weight is 428 g/mol. The zero-order valence-corrected chi connectivity index (χ0v) is 18.4. The molecule has 0 radical (unpaired) electrons. The molecule has 6 nitrogen and oxygen atoms in total. The summed E-state index contributed by atoms with van der Waals surface area (Å²) in [6, 6.07) is 9.98. The first-order chi connectivity index (χ1) is 14.6. The summed E-state index contributed by atoms with van der Waals surface area (Å²) in [6.07, 6.45) is 2.79. The van der Waals surface area contributed by atoms with Gasteiger partial charge >= 0.3 is 6.03 Å². The summed E-state index contributed by atoms with van der Waals surface area (Å²) in [7, 11) is 0. The Morgan fingerprint density at radius 3 is 2.70 bits per heavy atom. The van der Waals surface area contributed by atoms with Crippen LogP contribution in [0.1, 0.15) is 41.8 Å². The van der Waals surface area contributed by atoms with E-state index in [1.165, 1.54) is 16.0 Å². The number of nitrogens with zero attached hydrogens (tertiary/aromatic N) is 2. The fourth-order valence-corrected chi connectivity index (χ4v) is 4.85. The summed E-state index contributed by atoms with van der Waals surface area (Å²) in [4.78, 5) is 30.7. The van der Waals surface area contributed by atoms with Crippen molar-refractivity contribution in [3.05, 3.63) is 51.7 Å².